The van der Waals surface area contributed by atoms with Gasteiger partial charge in [0.05, 0.1) is 37.7 Å². The van der Waals surface area contributed by atoms with Gasteiger partial charge in [-0.05, 0) is 42.8 Å². The van der Waals surface area contributed by atoms with Gasteiger partial charge in [-0.1, -0.05) is 12.1 Å². The van der Waals surface area contributed by atoms with Gasteiger partial charge in [0.25, 0.3) is 0 Å². The van der Waals surface area contributed by atoms with Crippen molar-refractivity contribution in [1.29, 1.82) is 0 Å². The number of carbonyl (C=O) groups excluding carboxylic acids is 1. The summed E-state index contributed by atoms with van der Waals surface area (Å²) in [5.74, 6) is -1.17. The molecule has 3 aromatic rings. The lowest BCUT2D eigenvalue weighted by molar-refractivity contribution is 0.0828. The van der Waals surface area contributed by atoms with E-state index in [1.54, 1.807) is 13.0 Å². The summed E-state index contributed by atoms with van der Waals surface area (Å²) in [5, 5.41) is 34.6. The summed E-state index contributed by atoms with van der Waals surface area (Å²) in [6.45, 7) is -0.235. The summed E-state index contributed by atoms with van der Waals surface area (Å²) in [6, 6.07) is 9.17. The number of benzene rings is 2. The fraction of sp³-hybridized carbons (Fsp3) is 0.261. The van der Waals surface area contributed by atoms with Crippen molar-refractivity contribution in [2.24, 2.45) is 0 Å². The number of aromatic nitrogens is 2. The summed E-state index contributed by atoms with van der Waals surface area (Å²) in [5.41, 5.74) is 0.252. The molecule has 0 aliphatic carbocycles. The first-order valence-corrected chi connectivity index (χ1v) is 10.4. The van der Waals surface area contributed by atoms with Gasteiger partial charge >= 0.3 is 6.03 Å². The molecule has 34 heavy (non-hydrogen) atoms. The third-order valence-electron chi connectivity index (χ3n) is 5.64. The normalized spacial score (nSPS) is 13.5. The van der Waals surface area contributed by atoms with E-state index in [0.29, 0.717) is 22.4 Å². The lowest BCUT2D eigenvalue weighted by atomic mass is 9.99. The number of anilines is 3. The highest BCUT2D eigenvalue weighted by atomic mass is 19.1. The fourth-order valence-electron chi connectivity index (χ4n) is 3.69. The van der Waals surface area contributed by atoms with Crippen LogP contribution in [0.2, 0.25) is 0 Å². The van der Waals surface area contributed by atoms with E-state index in [0.717, 1.165) is 4.90 Å². The molecular weight excluding hydrogens is 448 g/mol. The molecule has 2 aromatic carbocycles. The molecule has 0 unspecified atom stereocenters. The third-order valence-corrected chi connectivity index (χ3v) is 5.64. The second-order valence-corrected chi connectivity index (χ2v) is 7.98. The minimum Gasteiger partial charge on any atom is -0.394 e. The number of aliphatic hydroxyl groups excluding tert-OH is 3. The molecule has 5 N–H and O–H groups in total. The SMILES string of the molecule is Cc1cc(F)ccc1-c1nc(NC(CO)(CO)CO)nc2c1CNC(=O)N2c1ccccc1F. The molecule has 0 saturated carbocycles. The van der Waals surface area contributed by atoms with Gasteiger partial charge in [-0.15, -0.1) is 0 Å². The molecule has 178 valence electrons. The first kappa shape index (κ1) is 23.5. The minimum atomic E-state index is -1.57. The van der Waals surface area contributed by atoms with Gasteiger partial charge < -0.3 is 26.0 Å². The van der Waals surface area contributed by atoms with E-state index in [-0.39, 0.29) is 24.0 Å². The fourth-order valence-corrected chi connectivity index (χ4v) is 3.69. The highest BCUT2D eigenvalue weighted by Gasteiger charge is 2.34. The van der Waals surface area contributed by atoms with Gasteiger partial charge in [-0.2, -0.15) is 4.98 Å². The van der Waals surface area contributed by atoms with Crippen molar-refractivity contribution in [1.82, 2.24) is 15.3 Å². The van der Waals surface area contributed by atoms with Crippen molar-refractivity contribution in [2.75, 3.05) is 30.0 Å². The Labute approximate surface area is 193 Å². The molecule has 9 nitrogen and oxygen atoms in total. The number of para-hydroxylation sites is 1. The van der Waals surface area contributed by atoms with Gasteiger partial charge in [0.2, 0.25) is 5.95 Å². The van der Waals surface area contributed by atoms with Crippen LogP contribution < -0.4 is 15.5 Å². The zero-order chi connectivity index (χ0) is 24.5. The number of rotatable bonds is 7. The Morgan fingerprint density at radius 3 is 2.44 bits per heavy atom. The van der Waals surface area contributed by atoms with Gasteiger partial charge in [0.1, 0.15) is 17.2 Å². The van der Waals surface area contributed by atoms with Crippen molar-refractivity contribution >= 4 is 23.5 Å². The van der Waals surface area contributed by atoms with E-state index < -0.39 is 43.0 Å². The van der Waals surface area contributed by atoms with Crippen molar-refractivity contribution in [3.8, 4) is 11.3 Å². The molecule has 0 spiro atoms. The van der Waals surface area contributed by atoms with Crippen LogP contribution in [0, 0.1) is 18.6 Å². The van der Waals surface area contributed by atoms with E-state index in [4.69, 9.17) is 0 Å². The molecule has 11 heteroatoms. The van der Waals surface area contributed by atoms with Gasteiger partial charge in [-0.25, -0.2) is 23.5 Å². The van der Waals surface area contributed by atoms with E-state index in [1.165, 1.54) is 36.4 Å². The number of hydrogen-bond acceptors (Lipinski definition) is 7. The number of aliphatic hydroxyl groups is 3. The quantitative estimate of drug-likeness (QED) is 0.357. The summed E-state index contributed by atoms with van der Waals surface area (Å²) >= 11 is 0. The maximum atomic E-state index is 14.7. The number of aryl methyl sites for hydroxylation is 1. The number of hydrogen-bond donors (Lipinski definition) is 5. The number of amides is 2. The maximum absolute atomic E-state index is 14.7. The molecule has 0 radical (unpaired) electrons. The molecule has 2 amide bonds. The van der Waals surface area contributed by atoms with Crippen LogP contribution in [0.25, 0.3) is 11.3 Å². The van der Waals surface area contributed by atoms with Crippen LogP contribution in [0.3, 0.4) is 0 Å². The van der Waals surface area contributed by atoms with Crippen molar-refractivity contribution < 1.29 is 28.9 Å². The van der Waals surface area contributed by atoms with Crippen LogP contribution in [-0.4, -0.2) is 56.7 Å². The first-order chi connectivity index (χ1) is 16.3. The summed E-state index contributed by atoms with van der Waals surface area (Å²) < 4.78 is 28.5. The Balaban J connectivity index is 1.97. The Morgan fingerprint density at radius 2 is 1.79 bits per heavy atom. The smallest absolute Gasteiger partial charge is 0.328 e. The van der Waals surface area contributed by atoms with E-state index >= 15 is 0 Å². The van der Waals surface area contributed by atoms with Crippen LogP contribution >= 0.6 is 0 Å². The number of carbonyl (C=O) groups is 1. The summed E-state index contributed by atoms with van der Waals surface area (Å²) in [6.07, 6.45) is 0. The molecule has 0 atom stereocenters. The maximum Gasteiger partial charge on any atom is 0.328 e. The average molecular weight is 471 g/mol. The number of nitrogens with one attached hydrogen (secondary N) is 2. The Bertz CT molecular complexity index is 1230. The van der Waals surface area contributed by atoms with Crippen LogP contribution in [0.1, 0.15) is 11.1 Å². The summed E-state index contributed by atoms with van der Waals surface area (Å²) in [4.78, 5) is 22.8. The number of nitrogens with zero attached hydrogens (tertiary/aromatic N) is 3. The van der Waals surface area contributed by atoms with Crippen LogP contribution in [-0.2, 0) is 6.54 Å². The zero-order valence-corrected chi connectivity index (χ0v) is 18.2. The second kappa shape index (κ2) is 9.29. The molecule has 0 saturated heterocycles. The zero-order valence-electron chi connectivity index (χ0n) is 18.2. The molecule has 1 aliphatic heterocycles. The Hall–Kier alpha value is -3.67. The van der Waals surface area contributed by atoms with E-state index in [1.807, 2.05) is 0 Å². The van der Waals surface area contributed by atoms with E-state index in [2.05, 4.69) is 20.6 Å². The predicted molar refractivity (Wildman–Crippen MR) is 121 cm³/mol. The lowest BCUT2D eigenvalue weighted by Gasteiger charge is -2.33. The highest BCUT2D eigenvalue weighted by molar-refractivity contribution is 6.02. The molecule has 1 aliphatic rings. The van der Waals surface area contributed by atoms with Gasteiger partial charge in [0.15, 0.2) is 5.82 Å². The molecule has 0 fully saturated rings. The molecule has 0 bridgehead atoms. The second-order valence-electron chi connectivity index (χ2n) is 7.98. The lowest BCUT2D eigenvalue weighted by Crippen LogP contribution is -2.50. The minimum absolute atomic E-state index is 0.0245. The Morgan fingerprint density at radius 1 is 1.09 bits per heavy atom. The predicted octanol–water partition coefficient (Wildman–Crippen LogP) is 2.22. The molecule has 4 rings (SSSR count). The summed E-state index contributed by atoms with van der Waals surface area (Å²) in [7, 11) is 0. The molecular formula is C23H23F2N5O4. The van der Waals surface area contributed by atoms with Crippen molar-refractivity contribution in [2.45, 2.75) is 19.0 Å². The molecule has 1 aromatic heterocycles. The first-order valence-electron chi connectivity index (χ1n) is 10.4. The van der Waals surface area contributed by atoms with Gasteiger partial charge in [-0.3, -0.25) is 0 Å². The van der Waals surface area contributed by atoms with Crippen molar-refractivity contribution in [3.63, 3.8) is 0 Å². The van der Waals surface area contributed by atoms with Gasteiger partial charge in [0, 0.05) is 11.1 Å². The van der Waals surface area contributed by atoms with Crippen LogP contribution in [0.15, 0.2) is 42.5 Å². The number of halogens is 2. The van der Waals surface area contributed by atoms with Crippen LogP contribution in [0.4, 0.5) is 31.0 Å². The van der Waals surface area contributed by atoms with E-state index in [9.17, 15) is 28.9 Å². The Kier molecular flexibility index (Phi) is 6.42. The largest absolute Gasteiger partial charge is 0.394 e. The van der Waals surface area contributed by atoms with Crippen LogP contribution in [0.5, 0.6) is 0 Å². The topological polar surface area (TPSA) is 131 Å². The molecule has 2 heterocycles. The average Bonchev–Trinajstić information content (AvgIpc) is 2.83. The standard InChI is InChI=1S/C23H23F2N5O4/c1-13-8-14(24)6-7-15(13)19-16-9-26-22(34)30(18-5-3-2-4-17(18)25)20(16)28-21(27-19)29-23(10-31,11-32)12-33/h2-8,31-33H,9-12H2,1H3,(H,26,34)(H,27,28,29). The highest BCUT2D eigenvalue weighted by Crippen LogP contribution is 2.38. The number of fused-ring (bicyclic) bond motifs is 1. The third kappa shape index (κ3) is 4.16. The number of urea groups is 1. The monoisotopic (exact) mass is 471 g/mol. The van der Waals surface area contributed by atoms with Crippen molar-refractivity contribution in [3.05, 3.63) is 65.2 Å².